The maximum atomic E-state index is 13.0. The van der Waals surface area contributed by atoms with E-state index in [1.54, 1.807) is 6.08 Å². The van der Waals surface area contributed by atoms with E-state index in [9.17, 15) is 9.59 Å². The van der Waals surface area contributed by atoms with E-state index in [0.717, 1.165) is 21.6 Å². The zero-order chi connectivity index (χ0) is 17.4. The number of aryl methyl sites for hydroxylation is 2. The summed E-state index contributed by atoms with van der Waals surface area (Å²) in [7, 11) is 0. The molecular weight excluding hydrogens is 340 g/mol. The van der Waals surface area contributed by atoms with E-state index in [-0.39, 0.29) is 10.7 Å². The summed E-state index contributed by atoms with van der Waals surface area (Å²) in [5.74, 6) is -0.857. The van der Waals surface area contributed by atoms with Gasteiger partial charge in [-0.1, -0.05) is 12.1 Å². The van der Waals surface area contributed by atoms with Crippen molar-refractivity contribution >= 4 is 52.2 Å². The highest BCUT2D eigenvalue weighted by Gasteiger charge is 2.35. The van der Waals surface area contributed by atoms with Gasteiger partial charge in [0.1, 0.15) is 5.57 Å². The largest absolute Gasteiger partial charge is 0.298 e. The topological polar surface area (TPSA) is 49.4 Å². The average molecular weight is 356 g/mol. The van der Waals surface area contributed by atoms with Gasteiger partial charge in [0.25, 0.3) is 11.8 Å². The van der Waals surface area contributed by atoms with Gasteiger partial charge < -0.3 is 0 Å². The molecule has 1 saturated heterocycles. The molecule has 0 aliphatic carbocycles. The van der Waals surface area contributed by atoms with E-state index >= 15 is 0 Å². The molecule has 1 aromatic heterocycles. The number of thiophene rings is 1. The van der Waals surface area contributed by atoms with Crippen molar-refractivity contribution in [2.24, 2.45) is 0 Å². The first-order valence-corrected chi connectivity index (χ1v) is 8.70. The Morgan fingerprint density at radius 1 is 1.12 bits per heavy atom. The number of hydrogen-bond donors (Lipinski definition) is 1. The van der Waals surface area contributed by atoms with Crippen molar-refractivity contribution in [3.8, 4) is 0 Å². The maximum Gasteiger partial charge on any atom is 0.270 e. The molecule has 1 N–H and O–H groups in total. The van der Waals surface area contributed by atoms with Crippen LogP contribution in [0.2, 0.25) is 0 Å². The number of rotatable bonds is 2. The Morgan fingerprint density at radius 2 is 1.88 bits per heavy atom. The molecule has 0 saturated carbocycles. The van der Waals surface area contributed by atoms with Crippen molar-refractivity contribution in [2.45, 2.75) is 20.8 Å². The fourth-order valence-electron chi connectivity index (χ4n) is 2.52. The lowest BCUT2D eigenvalue weighted by Crippen LogP contribution is -2.54. The fourth-order valence-corrected chi connectivity index (χ4v) is 3.65. The number of carbonyl (C=O) groups is 2. The SMILES string of the molecule is Cc1ccsc1/C=C1\C(=O)NC(=S)N(c2cccc(C)c2C)C1=O. The van der Waals surface area contributed by atoms with Gasteiger partial charge in [-0.15, -0.1) is 11.3 Å². The summed E-state index contributed by atoms with van der Waals surface area (Å²) in [5, 5.41) is 4.66. The minimum atomic E-state index is -0.459. The van der Waals surface area contributed by atoms with Crippen LogP contribution in [0.25, 0.3) is 6.08 Å². The molecule has 3 rings (SSSR count). The molecule has 2 heterocycles. The van der Waals surface area contributed by atoms with Gasteiger partial charge in [0.2, 0.25) is 0 Å². The van der Waals surface area contributed by atoms with Gasteiger partial charge in [-0.25, -0.2) is 0 Å². The van der Waals surface area contributed by atoms with Crippen LogP contribution in [-0.4, -0.2) is 16.9 Å². The number of nitrogens with zero attached hydrogens (tertiary/aromatic N) is 1. The predicted molar refractivity (Wildman–Crippen MR) is 101 cm³/mol. The first-order chi connectivity index (χ1) is 11.4. The Kier molecular flexibility index (Phi) is 4.34. The summed E-state index contributed by atoms with van der Waals surface area (Å²) >= 11 is 6.73. The van der Waals surface area contributed by atoms with Crippen LogP contribution in [0.4, 0.5) is 5.69 Å². The lowest BCUT2D eigenvalue weighted by Gasteiger charge is -2.30. The molecule has 0 unspecified atom stereocenters. The van der Waals surface area contributed by atoms with E-state index in [2.05, 4.69) is 5.32 Å². The molecule has 2 aromatic rings. The number of thiocarbonyl (C=S) groups is 1. The molecule has 0 radical (unpaired) electrons. The van der Waals surface area contributed by atoms with E-state index in [0.29, 0.717) is 5.69 Å². The van der Waals surface area contributed by atoms with Crippen molar-refractivity contribution in [2.75, 3.05) is 4.90 Å². The molecule has 122 valence electrons. The minimum absolute atomic E-state index is 0.0926. The molecule has 2 amide bonds. The van der Waals surface area contributed by atoms with Crippen LogP contribution in [-0.2, 0) is 9.59 Å². The third kappa shape index (κ3) is 2.79. The van der Waals surface area contributed by atoms with Gasteiger partial charge in [0.05, 0.1) is 5.69 Å². The van der Waals surface area contributed by atoms with Crippen LogP contribution in [0, 0.1) is 20.8 Å². The number of anilines is 1. The van der Waals surface area contributed by atoms with Gasteiger partial charge in [-0.3, -0.25) is 19.8 Å². The molecule has 4 nitrogen and oxygen atoms in total. The number of carbonyl (C=O) groups excluding carboxylic acids is 2. The van der Waals surface area contributed by atoms with Crippen molar-refractivity contribution in [3.63, 3.8) is 0 Å². The number of amides is 2. The zero-order valence-electron chi connectivity index (χ0n) is 13.5. The van der Waals surface area contributed by atoms with Crippen LogP contribution in [0.1, 0.15) is 21.6 Å². The summed E-state index contributed by atoms with van der Waals surface area (Å²) in [5.41, 5.74) is 3.82. The van der Waals surface area contributed by atoms with E-state index in [1.165, 1.54) is 16.2 Å². The molecule has 0 atom stereocenters. The fraction of sp³-hybridized carbons (Fsp3) is 0.167. The average Bonchev–Trinajstić information content (AvgIpc) is 2.93. The van der Waals surface area contributed by atoms with Gasteiger partial charge in [0.15, 0.2) is 5.11 Å². The Balaban J connectivity index is 2.09. The van der Waals surface area contributed by atoms with Gasteiger partial charge in [-0.2, -0.15) is 0 Å². The van der Waals surface area contributed by atoms with E-state index in [1.807, 2.05) is 50.4 Å². The first kappa shape index (κ1) is 16.5. The molecule has 1 aliphatic heterocycles. The smallest absolute Gasteiger partial charge is 0.270 e. The Hall–Kier alpha value is -2.31. The number of benzene rings is 1. The second-order valence-electron chi connectivity index (χ2n) is 5.64. The monoisotopic (exact) mass is 356 g/mol. The zero-order valence-corrected chi connectivity index (χ0v) is 15.2. The summed E-state index contributed by atoms with van der Waals surface area (Å²) in [6.07, 6.45) is 1.64. The summed E-state index contributed by atoms with van der Waals surface area (Å²) in [6, 6.07) is 7.63. The lowest BCUT2D eigenvalue weighted by molar-refractivity contribution is -0.122. The van der Waals surface area contributed by atoms with E-state index in [4.69, 9.17) is 12.2 Å². The maximum absolute atomic E-state index is 13.0. The van der Waals surface area contributed by atoms with Crippen molar-refractivity contribution < 1.29 is 9.59 Å². The predicted octanol–water partition coefficient (Wildman–Crippen LogP) is 3.50. The number of nitrogens with one attached hydrogen (secondary N) is 1. The summed E-state index contributed by atoms with van der Waals surface area (Å²) in [4.78, 5) is 27.5. The summed E-state index contributed by atoms with van der Waals surface area (Å²) in [6.45, 7) is 5.85. The normalized spacial score (nSPS) is 16.7. The highest BCUT2D eigenvalue weighted by atomic mass is 32.1. The van der Waals surface area contributed by atoms with Crippen LogP contribution in [0.15, 0.2) is 35.2 Å². The Morgan fingerprint density at radius 3 is 2.54 bits per heavy atom. The van der Waals surface area contributed by atoms with Gasteiger partial charge >= 0.3 is 0 Å². The van der Waals surface area contributed by atoms with Crippen LogP contribution in [0.5, 0.6) is 0 Å². The quantitative estimate of drug-likeness (QED) is 0.509. The standard InChI is InChI=1S/C18H16N2O2S2/c1-10-5-4-6-14(12(10)3)20-17(22)13(16(21)19-18(20)23)9-15-11(2)7-8-24-15/h4-9H,1-3H3,(H,19,21,23)/b13-9+. The Bertz CT molecular complexity index is 896. The summed E-state index contributed by atoms with van der Waals surface area (Å²) < 4.78 is 0. The van der Waals surface area contributed by atoms with Crippen LogP contribution >= 0.6 is 23.6 Å². The van der Waals surface area contributed by atoms with Crippen LogP contribution < -0.4 is 10.2 Å². The highest BCUT2D eigenvalue weighted by molar-refractivity contribution is 7.80. The van der Waals surface area contributed by atoms with Gasteiger partial charge in [0, 0.05) is 4.88 Å². The van der Waals surface area contributed by atoms with Crippen molar-refractivity contribution in [1.82, 2.24) is 5.32 Å². The van der Waals surface area contributed by atoms with Crippen molar-refractivity contribution in [1.29, 1.82) is 0 Å². The third-order valence-electron chi connectivity index (χ3n) is 4.10. The molecule has 0 spiro atoms. The van der Waals surface area contributed by atoms with E-state index < -0.39 is 11.8 Å². The molecular formula is C18H16N2O2S2. The molecule has 6 heteroatoms. The second-order valence-corrected chi connectivity index (χ2v) is 6.98. The number of hydrogen-bond acceptors (Lipinski definition) is 4. The first-order valence-electron chi connectivity index (χ1n) is 7.42. The van der Waals surface area contributed by atoms with Gasteiger partial charge in [-0.05, 0) is 73.3 Å². The highest BCUT2D eigenvalue weighted by Crippen LogP contribution is 2.28. The lowest BCUT2D eigenvalue weighted by atomic mass is 10.0. The molecule has 1 aliphatic rings. The molecule has 0 bridgehead atoms. The molecule has 1 fully saturated rings. The Labute approximate surface area is 149 Å². The third-order valence-corrected chi connectivity index (χ3v) is 5.35. The molecule has 24 heavy (non-hydrogen) atoms. The second kappa shape index (κ2) is 6.30. The van der Waals surface area contributed by atoms with Crippen molar-refractivity contribution in [3.05, 3.63) is 56.8 Å². The van der Waals surface area contributed by atoms with Crippen LogP contribution in [0.3, 0.4) is 0 Å². The molecule has 1 aromatic carbocycles. The minimum Gasteiger partial charge on any atom is -0.298 e.